The van der Waals surface area contributed by atoms with Gasteiger partial charge in [-0.15, -0.1) is 0 Å². The number of hydrogen-bond acceptors (Lipinski definition) is 4. The third-order valence-electron chi connectivity index (χ3n) is 1.87. The van der Waals surface area contributed by atoms with Crippen LogP contribution in [0.25, 0.3) is 0 Å². The number of hydroxylamine groups is 1. The van der Waals surface area contributed by atoms with E-state index in [1.807, 2.05) is 0 Å². The largest absolute Gasteiger partial charge is 0.505 e. The van der Waals surface area contributed by atoms with Crippen LogP contribution >= 0.6 is 0 Å². The Morgan fingerprint density at radius 2 is 2.20 bits per heavy atom. The molecule has 0 fully saturated rings. The SMILES string of the molecule is O=C(CC(O)c1cccc(O)c1F)NO. The average molecular weight is 215 g/mol. The fourth-order valence-electron chi connectivity index (χ4n) is 1.13. The number of carbonyl (C=O) groups excluding carboxylic acids is 1. The van der Waals surface area contributed by atoms with E-state index in [0.717, 1.165) is 6.07 Å². The van der Waals surface area contributed by atoms with E-state index in [-0.39, 0.29) is 5.56 Å². The molecule has 0 saturated heterocycles. The number of aliphatic hydroxyl groups is 1. The zero-order valence-corrected chi connectivity index (χ0v) is 7.64. The summed E-state index contributed by atoms with van der Waals surface area (Å²) in [5.41, 5.74) is 1.12. The lowest BCUT2D eigenvalue weighted by molar-refractivity contribution is -0.131. The van der Waals surface area contributed by atoms with E-state index in [1.165, 1.54) is 17.6 Å². The predicted octanol–water partition coefficient (Wildman–Crippen LogP) is 0.460. The van der Waals surface area contributed by atoms with Gasteiger partial charge in [0, 0.05) is 5.56 Å². The van der Waals surface area contributed by atoms with Gasteiger partial charge in [-0.2, -0.15) is 0 Å². The highest BCUT2D eigenvalue weighted by atomic mass is 19.1. The first-order chi connectivity index (χ1) is 7.06. The minimum atomic E-state index is -1.41. The number of hydrogen-bond donors (Lipinski definition) is 4. The third-order valence-corrected chi connectivity index (χ3v) is 1.87. The fourth-order valence-corrected chi connectivity index (χ4v) is 1.13. The second kappa shape index (κ2) is 4.72. The van der Waals surface area contributed by atoms with Crippen molar-refractivity contribution in [1.29, 1.82) is 0 Å². The number of phenols is 1. The first-order valence-electron chi connectivity index (χ1n) is 4.14. The molecular formula is C9H10FNO4. The van der Waals surface area contributed by atoms with Crippen LogP contribution in [0.5, 0.6) is 5.75 Å². The van der Waals surface area contributed by atoms with Gasteiger partial charge in [-0.3, -0.25) is 10.0 Å². The molecule has 0 aromatic heterocycles. The van der Waals surface area contributed by atoms with Gasteiger partial charge in [0.15, 0.2) is 11.6 Å². The highest BCUT2D eigenvalue weighted by molar-refractivity contribution is 5.75. The highest BCUT2D eigenvalue weighted by Gasteiger charge is 2.18. The standard InChI is InChI=1S/C9H10FNO4/c10-9-5(2-1-3-6(9)12)7(13)4-8(14)11-15/h1-3,7,12-13,15H,4H2,(H,11,14). The smallest absolute Gasteiger partial charge is 0.246 e. The van der Waals surface area contributed by atoms with Crippen molar-refractivity contribution < 1.29 is 24.6 Å². The molecule has 82 valence electrons. The lowest BCUT2D eigenvalue weighted by Crippen LogP contribution is -2.21. The molecule has 0 aliphatic carbocycles. The monoisotopic (exact) mass is 215 g/mol. The van der Waals surface area contributed by atoms with Crippen LogP contribution in [-0.2, 0) is 4.79 Å². The highest BCUT2D eigenvalue weighted by Crippen LogP contribution is 2.25. The van der Waals surface area contributed by atoms with Gasteiger partial charge in [0.1, 0.15) is 0 Å². The molecule has 1 atom stereocenters. The summed E-state index contributed by atoms with van der Waals surface area (Å²) >= 11 is 0. The number of rotatable bonds is 3. The Hall–Kier alpha value is -1.66. The maximum Gasteiger partial charge on any atom is 0.246 e. The third kappa shape index (κ3) is 2.64. The van der Waals surface area contributed by atoms with E-state index in [2.05, 4.69) is 0 Å². The lowest BCUT2D eigenvalue weighted by Gasteiger charge is -2.10. The van der Waals surface area contributed by atoms with Gasteiger partial charge in [-0.25, -0.2) is 9.87 Å². The van der Waals surface area contributed by atoms with Crippen molar-refractivity contribution in [2.45, 2.75) is 12.5 Å². The van der Waals surface area contributed by atoms with E-state index < -0.39 is 30.0 Å². The molecule has 15 heavy (non-hydrogen) atoms. The molecule has 1 aromatic carbocycles. The van der Waals surface area contributed by atoms with Gasteiger partial charge in [0.05, 0.1) is 12.5 Å². The van der Waals surface area contributed by atoms with Gasteiger partial charge >= 0.3 is 0 Å². The molecule has 1 amide bonds. The number of phenolic OH excluding ortho intramolecular Hbond substituents is 1. The van der Waals surface area contributed by atoms with Crippen molar-refractivity contribution in [1.82, 2.24) is 5.48 Å². The zero-order chi connectivity index (χ0) is 11.4. The summed E-state index contributed by atoms with van der Waals surface area (Å²) in [6, 6.07) is 3.70. The molecule has 0 aliphatic heterocycles. The van der Waals surface area contributed by atoms with Gasteiger partial charge in [0.25, 0.3) is 0 Å². The van der Waals surface area contributed by atoms with Crippen LogP contribution in [0.2, 0.25) is 0 Å². The molecule has 0 radical (unpaired) electrons. The van der Waals surface area contributed by atoms with E-state index in [0.29, 0.717) is 0 Å². The zero-order valence-electron chi connectivity index (χ0n) is 7.64. The molecular weight excluding hydrogens is 205 g/mol. The Labute approximate surface area is 84.7 Å². The number of aromatic hydroxyl groups is 1. The summed E-state index contributed by atoms with van der Waals surface area (Å²) in [4.78, 5) is 10.7. The predicted molar refractivity (Wildman–Crippen MR) is 47.6 cm³/mol. The summed E-state index contributed by atoms with van der Waals surface area (Å²) in [5, 5.41) is 26.6. The lowest BCUT2D eigenvalue weighted by atomic mass is 10.1. The van der Waals surface area contributed by atoms with E-state index in [4.69, 9.17) is 10.3 Å². The van der Waals surface area contributed by atoms with Crippen molar-refractivity contribution in [3.05, 3.63) is 29.6 Å². The minimum absolute atomic E-state index is 0.196. The molecule has 5 nitrogen and oxygen atoms in total. The molecule has 0 spiro atoms. The summed E-state index contributed by atoms with van der Waals surface area (Å²) in [7, 11) is 0. The van der Waals surface area contributed by atoms with Crippen molar-refractivity contribution >= 4 is 5.91 Å². The van der Waals surface area contributed by atoms with Crippen LogP contribution < -0.4 is 5.48 Å². The number of halogens is 1. The van der Waals surface area contributed by atoms with Crippen LogP contribution in [0.3, 0.4) is 0 Å². The van der Waals surface area contributed by atoms with E-state index >= 15 is 0 Å². The molecule has 0 bridgehead atoms. The number of nitrogens with one attached hydrogen (secondary N) is 1. The van der Waals surface area contributed by atoms with E-state index in [1.54, 1.807) is 0 Å². The molecule has 0 heterocycles. The maximum atomic E-state index is 13.2. The molecule has 0 aliphatic rings. The van der Waals surface area contributed by atoms with Crippen molar-refractivity contribution in [2.24, 2.45) is 0 Å². The maximum absolute atomic E-state index is 13.2. The van der Waals surface area contributed by atoms with Crippen LogP contribution in [0.1, 0.15) is 18.1 Å². The summed E-state index contributed by atoms with van der Waals surface area (Å²) in [6.07, 6.45) is -1.90. The quantitative estimate of drug-likeness (QED) is 0.435. The van der Waals surface area contributed by atoms with Crippen molar-refractivity contribution in [3.63, 3.8) is 0 Å². The first kappa shape index (κ1) is 11.4. The van der Waals surface area contributed by atoms with Crippen LogP contribution in [0.15, 0.2) is 18.2 Å². The summed E-state index contributed by atoms with van der Waals surface area (Å²) in [6.45, 7) is 0. The fraction of sp³-hybridized carbons (Fsp3) is 0.222. The average Bonchev–Trinajstić information content (AvgIpc) is 2.21. The Morgan fingerprint density at radius 3 is 2.80 bits per heavy atom. The molecule has 1 unspecified atom stereocenters. The van der Waals surface area contributed by atoms with Gasteiger partial charge in [-0.05, 0) is 6.07 Å². The van der Waals surface area contributed by atoms with Crippen LogP contribution in [0.4, 0.5) is 4.39 Å². The van der Waals surface area contributed by atoms with Gasteiger partial charge in [0.2, 0.25) is 5.91 Å². The summed E-state index contributed by atoms with van der Waals surface area (Å²) < 4.78 is 13.2. The first-order valence-corrected chi connectivity index (χ1v) is 4.14. The number of benzene rings is 1. The number of amides is 1. The molecule has 0 saturated carbocycles. The second-order valence-corrected chi connectivity index (χ2v) is 2.94. The Morgan fingerprint density at radius 1 is 1.53 bits per heavy atom. The van der Waals surface area contributed by atoms with Gasteiger partial charge in [-0.1, -0.05) is 12.1 Å². The Kier molecular flexibility index (Phi) is 3.59. The van der Waals surface area contributed by atoms with Crippen LogP contribution in [0, 0.1) is 5.82 Å². The molecule has 1 aromatic rings. The molecule has 4 N–H and O–H groups in total. The molecule has 6 heteroatoms. The molecule has 1 rings (SSSR count). The number of aliphatic hydroxyl groups excluding tert-OH is 1. The number of carbonyl (C=O) groups is 1. The second-order valence-electron chi connectivity index (χ2n) is 2.94. The normalized spacial score (nSPS) is 12.2. The summed E-state index contributed by atoms with van der Waals surface area (Å²) in [5.74, 6) is -2.42. The van der Waals surface area contributed by atoms with Crippen molar-refractivity contribution in [2.75, 3.05) is 0 Å². The van der Waals surface area contributed by atoms with E-state index in [9.17, 15) is 14.3 Å². The van der Waals surface area contributed by atoms with Gasteiger partial charge < -0.3 is 10.2 Å². The Bertz CT molecular complexity index is 369. The Balaban J connectivity index is 2.86. The van der Waals surface area contributed by atoms with Crippen molar-refractivity contribution in [3.8, 4) is 5.75 Å². The minimum Gasteiger partial charge on any atom is -0.505 e. The topological polar surface area (TPSA) is 89.8 Å². The van der Waals surface area contributed by atoms with Crippen LogP contribution in [-0.4, -0.2) is 21.3 Å².